The number of carbonyl (C=O) groups excluding carboxylic acids is 1. The van der Waals surface area contributed by atoms with Crippen molar-refractivity contribution in [2.45, 2.75) is 6.54 Å². The van der Waals surface area contributed by atoms with Crippen LogP contribution >= 0.6 is 15.9 Å². The predicted octanol–water partition coefficient (Wildman–Crippen LogP) is 2.45. The zero-order chi connectivity index (χ0) is 13.8. The van der Waals surface area contributed by atoms with E-state index in [0.29, 0.717) is 6.54 Å². The van der Waals surface area contributed by atoms with Gasteiger partial charge in [0, 0.05) is 10.7 Å². The van der Waals surface area contributed by atoms with Crippen LogP contribution in [0.3, 0.4) is 0 Å². The number of benzene rings is 1. The summed E-state index contributed by atoms with van der Waals surface area (Å²) in [6.45, 7) is 0.406. The normalized spacial score (nSPS) is 10.2. The van der Waals surface area contributed by atoms with Crippen molar-refractivity contribution in [1.29, 1.82) is 0 Å². The molecule has 0 fully saturated rings. The van der Waals surface area contributed by atoms with Crippen molar-refractivity contribution in [3.05, 3.63) is 68.5 Å². The van der Waals surface area contributed by atoms with Crippen LogP contribution in [-0.2, 0) is 11.3 Å². The number of esters is 1. The summed E-state index contributed by atoms with van der Waals surface area (Å²) >= 11 is 3.38. The van der Waals surface area contributed by atoms with Crippen molar-refractivity contribution in [3.63, 3.8) is 0 Å². The molecule has 1 heterocycles. The number of pyridine rings is 1. The van der Waals surface area contributed by atoms with E-state index in [1.165, 1.54) is 17.7 Å². The molecule has 0 saturated carbocycles. The Labute approximate surface area is 118 Å². The van der Waals surface area contributed by atoms with Gasteiger partial charge in [0.2, 0.25) is 0 Å². The minimum atomic E-state index is -0.617. The maximum Gasteiger partial charge on any atom is 0.343 e. The van der Waals surface area contributed by atoms with Crippen LogP contribution < -0.4 is 5.56 Å². The quantitative estimate of drug-likeness (QED) is 0.816. The van der Waals surface area contributed by atoms with Crippen molar-refractivity contribution < 1.29 is 9.53 Å². The molecule has 1 aromatic carbocycles. The molecule has 0 radical (unpaired) electrons. The number of methoxy groups -OCH3 is 1. The van der Waals surface area contributed by atoms with Gasteiger partial charge in [-0.1, -0.05) is 28.1 Å². The van der Waals surface area contributed by atoms with Crippen molar-refractivity contribution in [2.75, 3.05) is 7.11 Å². The van der Waals surface area contributed by atoms with Crippen molar-refractivity contribution >= 4 is 21.9 Å². The minimum absolute atomic E-state index is 0.0417. The molecule has 0 bridgehead atoms. The molecule has 0 saturated heterocycles. The molecule has 5 heteroatoms. The first-order valence-electron chi connectivity index (χ1n) is 5.64. The van der Waals surface area contributed by atoms with Gasteiger partial charge in [-0.15, -0.1) is 0 Å². The molecule has 1 aromatic heterocycles. The number of hydrogen-bond acceptors (Lipinski definition) is 3. The monoisotopic (exact) mass is 321 g/mol. The molecule has 0 aliphatic carbocycles. The Morgan fingerprint density at radius 3 is 2.79 bits per heavy atom. The highest BCUT2D eigenvalue weighted by Gasteiger charge is 2.12. The molecule has 19 heavy (non-hydrogen) atoms. The molecule has 0 N–H and O–H groups in total. The highest BCUT2D eigenvalue weighted by Crippen LogP contribution is 2.12. The number of halogens is 1. The first-order valence-corrected chi connectivity index (χ1v) is 6.43. The molecule has 0 aliphatic rings. The average Bonchev–Trinajstić information content (AvgIpc) is 2.40. The third-order valence-corrected chi connectivity index (χ3v) is 3.16. The largest absolute Gasteiger partial charge is 0.465 e. The molecule has 0 aliphatic heterocycles. The van der Waals surface area contributed by atoms with Crippen LogP contribution in [0.4, 0.5) is 0 Å². The Hall–Kier alpha value is -1.88. The van der Waals surface area contributed by atoms with Crippen LogP contribution in [0.1, 0.15) is 15.9 Å². The SMILES string of the molecule is COC(=O)c1cccn(Cc2cccc(Br)c2)c1=O. The standard InChI is InChI=1S/C14H12BrNO3/c1-19-14(18)12-6-3-7-16(13(12)17)9-10-4-2-5-11(15)8-10/h2-8H,9H2,1H3. The van der Waals surface area contributed by atoms with Crippen LogP contribution in [0.5, 0.6) is 0 Å². The van der Waals surface area contributed by atoms with E-state index in [9.17, 15) is 9.59 Å². The second-order valence-corrected chi connectivity index (χ2v) is 4.89. The Morgan fingerprint density at radius 2 is 2.11 bits per heavy atom. The van der Waals surface area contributed by atoms with E-state index in [1.807, 2.05) is 24.3 Å². The predicted molar refractivity (Wildman–Crippen MR) is 75.3 cm³/mol. The van der Waals surface area contributed by atoms with E-state index in [2.05, 4.69) is 20.7 Å². The van der Waals surface area contributed by atoms with Crippen LogP contribution in [0.25, 0.3) is 0 Å². The van der Waals surface area contributed by atoms with Gasteiger partial charge in [0.1, 0.15) is 5.56 Å². The van der Waals surface area contributed by atoms with Gasteiger partial charge in [0.15, 0.2) is 0 Å². The van der Waals surface area contributed by atoms with Gasteiger partial charge in [-0.05, 0) is 29.8 Å². The van der Waals surface area contributed by atoms with Crippen LogP contribution in [0.2, 0.25) is 0 Å². The molecule has 0 atom stereocenters. The lowest BCUT2D eigenvalue weighted by Gasteiger charge is -2.07. The van der Waals surface area contributed by atoms with Crippen LogP contribution in [-0.4, -0.2) is 17.6 Å². The minimum Gasteiger partial charge on any atom is -0.465 e. The van der Waals surface area contributed by atoms with Gasteiger partial charge < -0.3 is 9.30 Å². The Bertz CT molecular complexity index is 664. The van der Waals surface area contributed by atoms with Gasteiger partial charge in [0.25, 0.3) is 5.56 Å². The fourth-order valence-electron chi connectivity index (χ4n) is 1.76. The third kappa shape index (κ3) is 3.12. The summed E-state index contributed by atoms with van der Waals surface area (Å²) in [5.41, 5.74) is 0.660. The van der Waals surface area contributed by atoms with Gasteiger partial charge in [-0.3, -0.25) is 4.79 Å². The number of aromatic nitrogens is 1. The molecule has 0 spiro atoms. The smallest absolute Gasteiger partial charge is 0.343 e. The summed E-state index contributed by atoms with van der Waals surface area (Å²) in [6, 6.07) is 10.8. The summed E-state index contributed by atoms with van der Waals surface area (Å²) in [5.74, 6) is -0.617. The Morgan fingerprint density at radius 1 is 1.32 bits per heavy atom. The highest BCUT2D eigenvalue weighted by molar-refractivity contribution is 9.10. The fourth-order valence-corrected chi connectivity index (χ4v) is 2.21. The Kier molecular flexibility index (Phi) is 4.16. The van der Waals surface area contributed by atoms with E-state index in [4.69, 9.17) is 0 Å². The fraction of sp³-hybridized carbons (Fsp3) is 0.143. The van der Waals surface area contributed by atoms with Crippen molar-refractivity contribution in [2.24, 2.45) is 0 Å². The molecule has 2 rings (SSSR count). The summed E-state index contributed by atoms with van der Waals surface area (Å²) in [4.78, 5) is 23.6. The topological polar surface area (TPSA) is 48.3 Å². The number of ether oxygens (including phenoxy) is 1. The summed E-state index contributed by atoms with van der Waals surface area (Å²) in [5, 5.41) is 0. The average molecular weight is 322 g/mol. The molecular formula is C14H12BrNO3. The van der Waals surface area contributed by atoms with Crippen molar-refractivity contribution in [3.8, 4) is 0 Å². The molecular weight excluding hydrogens is 310 g/mol. The number of carbonyl (C=O) groups is 1. The first kappa shape index (κ1) is 13.5. The van der Waals surface area contributed by atoms with Crippen molar-refractivity contribution in [1.82, 2.24) is 4.57 Å². The lowest BCUT2D eigenvalue weighted by Crippen LogP contribution is -2.26. The van der Waals surface area contributed by atoms with E-state index < -0.39 is 5.97 Å². The van der Waals surface area contributed by atoms with Gasteiger partial charge in [-0.25, -0.2) is 4.79 Å². The van der Waals surface area contributed by atoms with Gasteiger partial charge in [-0.2, -0.15) is 0 Å². The number of hydrogen-bond donors (Lipinski definition) is 0. The van der Waals surface area contributed by atoms with Gasteiger partial charge in [0.05, 0.1) is 13.7 Å². The zero-order valence-electron chi connectivity index (χ0n) is 10.3. The molecule has 0 unspecified atom stereocenters. The molecule has 0 amide bonds. The maximum absolute atomic E-state index is 12.1. The lowest BCUT2D eigenvalue weighted by molar-refractivity contribution is 0.0598. The lowest BCUT2D eigenvalue weighted by atomic mass is 10.2. The molecule has 98 valence electrons. The van der Waals surface area contributed by atoms with Crippen LogP contribution in [0.15, 0.2) is 51.9 Å². The Balaban J connectivity index is 2.36. The van der Waals surface area contributed by atoms with Crippen LogP contribution in [0, 0.1) is 0 Å². The van der Waals surface area contributed by atoms with Gasteiger partial charge >= 0.3 is 5.97 Å². The zero-order valence-corrected chi connectivity index (χ0v) is 11.9. The number of nitrogens with zero attached hydrogens (tertiary/aromatic N) is 1. The summed E-state index contributed by atoms with van der Waals surface area (Å²) in [7, 11) is 1.26. The summed E-state index contributed by atoms with van der Waals surface area (Å²) < 4.78 is 7.01. The van der Waals surface area contributed by atoms with E-state index in [0.717, 1.165) is 10.0 Å². The molecule has 4 nitrogen and oxygen atoms in total. The number of rotatable bonds is 3. The first-order chi connectivity index (χ1) is 9.11. The second kappa shape index (κ2) is 5.84. The highest BCUT2D eigenvalue weighted by atomic mass is 79.9. The van der Waals surface area contributed by atoms with E-state index in [1.54, 1.807) is 12.3 Å². The van der Waals surface area contributed by atoms with E-state index in [-0.39, 0.29) is 11.1 Å². The second-order valence-electron chi connectivity index (χ2n) is 3.98. The van der Waals surface area contributed by atoms with E-state index >= 15 is 0 Å². The third-order valence-electron chi connectivity index (χ3n) is 2.67. The maximum atomic E-state index is 12.1. The summed E-state index contributed by atoms with van der Waals surface area (Å²) in [6.07, 6.45) is 1.65. The molecule has 2 aromatic rings.